The number of fused-ring (bicyclic) bond motifs is 3. The van der Waals surface area contributed by atoms with Gasteiger partial charge in [-0.3, -0.25) is 19.3 Å². The summed E-state index contributed by atoms with van der Waals surface area (Å²) in [6.45, 7) is 0.384. The molecule has 3 heterocycles. The van der Waals surface area contributed by atoms with E-state index in [0.29, 0.717) is 56.7 Å². The molecule has 44 heavy (non-hydrogen) atoms. The second-order valence-electron chi connectivity index (χ2n) is 11.8. The Morgan fingerprint density at radius 1 is 1.07 bits per heavy atom. The number of unbranched alkanes of at least 4 members (excludes halogenated alkanes) is 2. The average molecular weight is 605 g/mol. The van der Waals surface area contributed by atoms with Gasteiger partial charge >= 0.3 is 13.1 Å². The highest BCUT2D eigenvalue weighted by atomic mass is 16.5. The summed E-state index contributed by atoms with van der Waals surface area (Å²) < 4.78 is 17.4. The van der Waals surface area contributed by atoms with Gasteiger partial charge in [0.1, 0.15) is 18.1 Å². The predicted molar refractivity (Wildman–Crippen MR) is 163 cm³/mol. The second-order valence-corrected chi connectivity index (χ2v) is 11.8. The van der Waals surface area contributed by atoms with Crippen LogP contribution in [-0.2, 0) is 30.4 Å². The van der Waals surface area contributed by atoms with Gasteiger partial charge in [0, 0.05) is 20.1 Å². The van der Waals surface area contributed by atoms with Gasteiger partial charge in [0.25, 0.3) is 0 Å². The maximum Gasteiger partial charge on any atom is 0.455 e. The molecule has 1 aromatic carbocycles. The SMILES string of the molecule is COCC1=C2[C@@H](CC/C(=C/c3ccc(CO)o3)c3ccccc3)OB(O)C[C@@H]2[C@@H]2C(=O)N(CCCCCC(=O)O)C(=O)[C@@H]2C1. The van der Waals surface area contributed by atoms with Crippen LogP contribution in [0.15, 0.2) is 58.0 Å². The molecule has 1 aromatic heterocycles. The number of amides is 2. The Labute approximate surface area is 257 Å². The average Bonchev–Trinajstić information content (AvgIpc) is 3.56. The Balaban J connectivity index is 1.38. The number of carbonyl (C=O) groups excluding carboxylic acids is 2. The van der Waals surface area contributed by atoms with Crippen molar-refractivity contribution in [1.82, 2.24) is 4.90 Å². The number of carboxylic acids is 1. The fourth-order valence-corrected chi connectivity index (χ4v) is 7.05. The minimum atomic E-state index is -1.08. The molecule has 10 nitrogen and oxygen atoms in total. The molecule has 2 saturated heterocycles. The zero-order valence-corrected chi connectivity index (χ0v) is 25.0. The maximum absolute atomic E-state index is 13.7. The van der Waals surface area contributed by atoms with E-state index in [-0.39, 0.29) is 43.6 Å². The van der Waals surface area contributed by atoms with Crippen LogP contribution in [0, 0.1) is 17.8 Å². The summed E-state index contributed by atoms with van der Waals surface area (Å²) in [6.07, 6.45) is 4.94. The molecule has 0 bridgehead atoms. The van der Waals surface area contributed by atoms with Crippen molar-refractivity contribution >= 4 is 36.6 Å². The van der Waals surface area contributed by atoms with Crippen LogP contribution in [0.1, 0.15) is 62.0 Å². The number of allylic oxidation sites excluding steroid dienone is 1. The van der Waals surface area contributed by atoms with Crippen molar-refractivity contribution < 1.29 is 43.4 Å². The first-order valence-corrected chi connectivity index (χ1v) is 15.4. The summed E-state index contributed by atoms with van der Waals surface area (Å²) in [5.41, 5.74) is 3.90. The molecule has 0 spiro atoms. The number of nitrogens with zero attached hydrogens (tertiary/aromatic N) is 1. The highest BCUT2D eigenvalue weighted by Gasteiger charge is 2.57. The van der Waals surface area contributed by atoms with Gasteiger partial charge in [0.05, 0.1) is 24.5 Å². The minimum absolute atomic E-state index is 0.0640. The number of aliphatic carboxylic acids is 1. The maximum atomic E-state index is 13.7. The van der Waals surface area contributed by atoms with Crippen molar-refractivity contribution in [3.05, 3.63) is 70.7 Å². The number of aliphatic hydroxyl groups is 1. The summed E-state index contributed by atoms with van der Waals surface area (Å²) >= 11 is 0. The number of carboxylic acid groups (broad SMARTS) is 1. The summed E-state index contributed by atoms with van der Waals surface area (Å²) in [4.78, 5) is 39.4. The lowest BCUT2D eigenvalue weighted by Crippen LogP contribution is -2.46. The molecule has 11 heteroatoms. The molecule has 2 aromatic rings. The number of rotatable bonds is 14. The normalized spacial score (nSPS) is 23.8. The van der Waals surface area contributed by atoms with Crippen LogP contribution >= 0.6 is 0 Å². The van der Waals surface area contributed by atoms with Crippen molar-refractivity contribution in [2.45, 2.75) is 64.0 Å². The monoisotopic (exact) mass is 605 g/mol. The van der Waals surface area contributed by atoms with Gasteiger partial charge in [0.2, 0.25) is 11.8 Å². The third-order valence-corrected chi connectivity index (χ3v) is 8.97. The van der Waals surface area contributed by atoms with Crippen molar-refractivity contribution in [1.29, 1.82) is 0 Å². The van der Waals surface area contributed by atoms with Gasteiger partial charge in [-0.25, -0.2) is 0 Å². The quantitative estimate of drug-likeness (QED) is 0.125. The van der Waals surface area contributed by atoms with E-state index in [4.69, 9.17) is 18.9 Å². The summed E-state index contributed by atoms with van der Waals surface area (Å²) in [6, 6.07) is 13.4. The van der Waals surface area contributed by atoms with E-state index in [1.54, 1.807) is 13.2 Å². The third-order valence-electron chi connectivity index (χ3n) is 8.97. The fourth-order valence-electron chi connectivity index (χ4n) is 7.05. The molecule has 1 aliphatic carbocycles. The van der Waals surface area contributed by atoms with E-state index in [2.05, 4.69) is 0 Å². The summed E-state index contributed by atoms with van der Waals surface area (Å²) in [7, 11) is 0.527. The Hall–Kier alpha value is -3.51. The molecular formula is C33H40BNO9. The number of hydrogen-bond acceptors (Lipinski definition) is 8. The lowest BCUT2D eigenvalue weighted by molar-refractivity contribution is -0.141. The predicted octanol–water partition coefficient (Wildman–Crippen LogP) is 4.18. The topological polar surface area (TPSA) is 147 Å². The molecule has 3 N–H and O–H groups in total. The molecule has 5 rings (SSSR count). The van der Waals surface area contributed by atoms with Crippen LogP contribution in [-0.4, -0.2) is 71.4 Å². The van der Waals surface area contributed by atoms with Gasteiger partial charge in [-0.2, -0.15) is 0 Å². The molecule has 234 valence electrons. The standard InChI is InChI=1S/C33H40BNO9/c1-42-20-23-17-26-31(33(40)35(32(26)39)15-7-3-6-10-29(37)38)27-18-34(41)44-28(30(23)27)14-11-22(21-8-4-2-5-9-21)16-24-12-13-25(19-36)43-24/h2,4-5,8-9,12-13,16,26-28,31,36,41H,3,6-7,10-11,14-15,17-20H2,1H3,(H,37,38)/b22-16-/t26-,27+,28-,31-/m1/s1. The van der Waals surface area contributed by atoms with Gasteiger partial charge in [-0.1, -0.05) is 36.8 Å². The number of carbonyl (C=O) groups is 3. The largest absolute Gasteiger partial charge is 0.481 e. The van der Waals surface area contributed by atoms with Crippen molar-refractivity contribution in [2.24, 2.45) is 17.8 Å². The Bertz CT molecular complexity index is 1400. The van der Waals surface area contributed by atoms with Crippen LogP contribution in [0.25, 0.3) is 11.6 Å². The Morgan fingerprint density at radius 3 is 2.57 bits per heavy atom. The molecule has 3 aliphatic rings. The first kappa shape index (κ1) is 31.9. The van der Waals surface area contributed by atoms with Crippen molar-refractivity contribution in [3.8, 4) is 0 Å². The molecule has 4 atom stereocenters. The van der Waals surface area contributed by atoms with E-state index in [9.17, 15) is 24.5 Å². The first-order chi connectivity index (χ1) is 21.3. The Kier molecular flexibility index (Phi) is 10.5. The fraction of sp³-hybridized carbons (Fsp3) is 0.485. The molecule has 0 unspecified atom stereocenters. The number of methoxy groups -OCH3 is 1. The number of furan rings is 1. The van der Waals surface area contributed by atoms with Crippen molar-refractivity contribution in [3.63, 3.8) is 0 Å². The van der Waals surface area contributed by atoms with E-state index >= 15 is 0 Å². The molecule has 0 saturated carbocycles. The van der Waals surface area contributed by atoms with Crippen LogP contribution in [0.2, 0.25) is 6.32 Å². The van der Waals surface area contributed by atoms with E-state index in [1.807, 2.05) is 42.5 Å². The highest BCUT2D eigenvalue weighted by molar-refractivity contribution is 6.43. The van der Waals surface area contributed by atoms with Gasteiger partial charge < -0.3 is 29.0 Å². The first-order valence-electron chi connectivity index (χ1n) is 15.4. The van der Waals surface area contributed by atoms with Crippen LogP contribution in [0.3, 0.4) is 0 Å². The number of likely N-dealkylation sites (tertiary alicyclic amines) is 1. The Morgan fingerprint density at radius 2 is 1.86 bits per heavy atom. The number of imide groups is 1. The van der Waals surface area contributed by atoms with Crippen LogP contribution in [0.5, 0.6) is 0 Å². The van der Waals surface area contributed by atoms with Crippen LogP contribution < -0.4 is 0 Å². The number of ether oxygens (including phenoxy) is 1. The second kappa shape index (κ2) is 14.5. The number of hydrogen-bond donors (Lipinski definition) is 3. The molecule has 2 amide bonds. The zero-order chi connectivity index (χ0) is 31.2. The van der Waals surface area contributed by atoms with E-state index in [1.165, 1.54) is 4.90 Å². The van der Waals surface area contributed by atoms with Gasteiger partial charge in [-0.05, 0) is 84.8 Å². The number of aliphatic hydroxyl groups excluding tert-OH is 1. The smallest absolute Gasteiger partial charge is 0.455 e. The summed E-state index contributed by atoms with van der Waals surface area (Å²) in [5.74, 6) is -1.60. The number of benzene rings is 1. The molecular weight excluding hydrogens is 565 g/mol. The molecule has 2 aliphatic heterocycles. The van der Waals surface area contributed by atoms with E-state index in [0.717, 1.165) is 22.3 Å². The lowest BCUT2D eigenvalue weighted by atomic mass is 9.58. The molecule has 0 radical (unpaired) electrons. The third kappa shape index (κ3) is 7.07. The van der Waals surface area contributed by atoms with Crippen LogP contribution in [0.4, 0.5) is 0 Å². The van der Waals surface area contributed by atoms with Gasteiger partial charge in [0.15, 0.2) is 0 Å². The zero-order valence-electron chi connectivity index (χ0n) is 25.0. The highest BCUT2D eigenvalue weighted by Crippen LogP contribution is 2.50. The minimum Gasteiger partial charge on any atom is -0.481 e. The summed E-state index contributed by atoms with van der Waals surface area (Å²) in [5, 5.41) is 29.2. The van der Waals surface area contributed by atoms with Crippen molar-refractivity contribution in [2.75, 3.05) is 20.3 Å². The van der Waals surface area contributed by atoms with Gasteiger partial charge in [-0.15, -0.1) is 0 Å². The lowest BCUT2D eigenvalue weighted by Gasteiger charge is -2.43. The van der Waals surface area contributed by atoms with E-state index < -0.39 is 31.0 Å². The molecule has 2 fully saturated rings.